The molecule has 1 amide bonds. The van der Waals surface area contributed by atoms with Gasteiger partial charge in [-0.1, -0.05) is 0 Å². The highest BCUT2D eigenvalue weighted by atomic mass is 32.1. The Morgan fingerprint density at radius 2 is 2.21 bits per heavy atom. The molecule has 0 bridgehead atoms. The topological polar surface area (TPSA) is 91.3 Å². The molecule has 1 aliphatic rings. The molecule has 0 saturated heterocycles. The average Bonchev–Trinajstić information content (AvgIpc) is 3.06. The summed E-state index contributed by atoms with van der Waals surface area (Å²) in [6.45, 7) is 2.35. The molecule has 0 atom stereocenters. The van der Waals surface area contributed by atoms with Crippen LogP contribution in [0.25, 0.3) is 0 Å². The quantitative estimate of drug-likeness (QED) is 0.661. The first kappa shape index (κ1) is 13.8. The highest BCUT2D eigenvalue weighted by Gasteiger charge is 2.22. The van der Waals surface area contributed by atoms with Crippen molar-refractivity contribution in [3.05, 3.63) is 10.6 Å². The van der Waals surface area contributed by atoms with Crippen LogP contribution in [0.5, 0.6) is 0 Å². The zero-order valence-corrected chi connectivity index (χ0v) is 11.5. The van der Waals surface area contributed by atoms with Crippen LogP contribution in [0.15, 0.2) is 0 Å². The second kappa shape index (κ2) is 6.01. The van der Waals surface area contributed by atoms with Gasteiger partial charge in [0.25, 0.3) is 0 Å². The molecule has 0 radical (unpaired) electrons. The number of anilines is 1. The molecule has 1 saturated carbocycles. The van der Waals surface area contributed by atoms with Gasteiger partial charge in [0.05, 0.1) is 0 Å². The molecule has 1 aromatic rings. The molecule has 6 nitrogen and oxygen atoms in total. The Morgan fingerprint density at radius 1 is 1.47 bits per heavy atom. The van der Waals surface area contributed by atoms with Gasteiger partial charge in [-0.3, -0.25) is 4.79 Å². The van der Waals surface area contributed by atoms with Crippen LogP contribution in [0, 0.1) is 6.92 Å². The van der Waals surface area contributed by atoms with Crippen LogP contribution in [0.3, 0.4) is 0 Å². The molecular formula is C12H17N3O3S. The standard InChI is InChI=1S/C12H17N3O3S/c1-7-10(11(17)18)15-12(19-7)13-6-2-3-9(16)14-8-4-5-8/h8H,2-6H2,1H3,(H,13,15)(H,14,16)(H,17,18). The van der Waals surface area contributed by atoms with E-state index in [4.69, 9.17) is 5.11 Å². The van der Waals surface area contributed by atoms with Gasteiger partial charge in [-0.05, 0) is 26.2 Å². The monoisotopic (exact) mass is 283 g/mol. The Kier molecular flexibility index (Phi) is 4.36. The van der Waals surface area contributed by atoms with Gasteiger partial charge in [0.2, 0.25) is 5.91 Å². The Morgan fingerprint density at radius 3 is 2.79 bits per heavy atom. The summed E-state index contributed by atoms with van der Waals surface area (Å²) in [5.41, 5.74) is 0.0963. The Labute approximate surface area is 115 Å². The minimum Gasteiger partial charge on any atom is -0.476 e. The Hall–Kier alpha value is -1.63. The van der Waals surface area contributed by atoms with E-state index in [0.29, 0.717) is 35.4 Å². The van der Waals surface area contributed by atoms with Gasteiger partial charge < -0.3 is 15.7 Å². The number of carboxylic acid groups (broad SMARTS) is 1. The van der Waals surface area contributed by atoms with Gasteiger partial charge in [-0.2, -0.15) is 0 Å². The highest BCUT2D eigenvalue weighted by Crippen LogP contribution is 2.22. The van der Waals surface area contributed by atoms with Gasteiger partial charge in [-0.15, -0.1) is 11.3 Å². The second-order valence-electron chi connectivity index (χ2n) is 4.60. The van der Waals surface area contributed by atoms with Crippen molar-refractivity contribution >= 4 is 28.3 Å². The van der Waals surface area contributed by atoms with Crippen LogP contribution in [-0.4, -0.2) is 34.6 Å². The Balaban J connectivity index is 1.68. The smallest absolute Gasteiger partial charge is 0.355 e. The number of amides is 1. The molecule has 7 heteroatoms. The first-order valence-electron chi connectivity index (χ1n) is 6.30. The molecule has 0 spiro atoms. The summed E-state index contributed by atoms with van der Waals surface area (Å²) in [5.74, 6) is -0.920. The van der Waals surface area contributed by atoms with Crippen LogP contribution in [0.1, 0.15) is 41.0 Å². The van der Waals surface area contributed by atoms with E-state index in [9.17, 15) is 9.59 Å². The fourth-order valence-corrected chi connectivity index (χ4v) is 2.47. The van der Waals surface area contributed by atoms with Gasteiger partial charge in [-0.25, -0.2) is 9.78 Å². The molecule has 1 aromatic heterocycles. The third-order valence-corrected chi connectivity index (χ3v) is 3.73. The lowest BCUT2D eigenvalue weighted by Crippen LogP contribution is -2.25. The molecule has 104 valence electrons. The van der Waals surface area contributed by atoms with Crippen LogP contribution < -0.4 is 10.6 Å². The van der Waals surface area contributed by atoms with Crippen molar-refractivity contribution in [1.82, 2.24) is 10.3 Å². The number of carboxylic acids is 1. The average molecular weight is 283 g/mol. The van der Waals surface area contributed by atoms with Crippen molar-refractivity contribution < 1.29 is 14.7 Å². The number of hydrogen-bond acceptors (Lipinski definition) is 5. The maximum Gasteiger partial charge on any atom is 0.355 e. The number of aromatic carboxylic acids is 1. The summed E-state index contributed by atoms with van der Waals surface area (Å²) >= 11 is 1.32. The number of nitrogens with zero attached hydrogens (tertiary/aromatic N) is 1. The summed E-state index contributed by atoms with van der Waals surface area (Å²) in [6, 6.07) is 0.403. The number of aryl methyl sites for hydroxylation is 1. The third kappa shape index (κ3) is 4.20. The number of hydrogen-bond donors (Lipinski definition) is 3. The van der Waals surface area contributed by atoms with Gasteiger partial charge in [0.15, 0.2) is 10.8 Å². The van der Waals surface area contributed by atoms with E-state index >= 15 is 0 Å². The number of carbonyl (C=O) groups excluding carboxylic acids is 1. The zero-order chi connectivity index (χ0) is 13.8. The molecular weight excluding hydrogens is 266 g/mol. The Bertz CT molecular complexity index is 483. The van der Waals surface area contributed by atoms with E-state index in [1.165, 1.54) is 11.3 Å². The van der Waals surface area contributed by atoms with Crippen LogP contribution in [0.4, 0.5) is 5.13 Å². The van der Waals surface area contributed by atoms with Crippen molar-refractivity contribution in [1.29, 1.82) is 0 Å². The van der Waals surface area contributed by atoms with Crippen molar-refractivity contribution in [2.24, 2.45) is 0 Å². The van der Waals surface area contributed by atoms with Gasteiger partial charge in [0.1, 0.15) is 0 Å². The van der Waals surface area contributed by atoms with Gasteiger partial charge >= 0.3 is 5.97 Å². The van der Waals surface area contributed by atoms with Crippen molar-refractivity contribution in [3.8, 4) is 0 Å². The van der Waals surface area contributed by atoms with E-state index < -0.39 is 5.97 Å². The number of nitrogens with one attached hydrogen (secondary N) is 2. The van der Waals surface area contributed by atoms with Gasteiger partial charge in [0, 0.05) is 23.9 Å². The summed E-state index contributed by atoms with van der Waals surface area (Å²) in [5, 5.41) is 15.4. The van der Waals surface area contributed by atoms with Crippen molar-refractivity contribution in [2.75, 3.05) is 11.9 Å². The maximum absolute atomic E-state index is 11.4. The van der Waals surface area contributed by atoms with E-state index in [1.54, 1.807) is 6.92 Å². The fraction of sp³-hybridized carbons (Fsp3) is 0.583. The summed E-state index contributed by atoms with van der Waals surface area (Å²) < 4.78 is 0. The number of thiazole rings is 1. The van der Waals surface area contributed by atoms with Crippen molar-refractivity contribution in [2.45, 2.75) is 38.6 Å². The number of aromatic nitrogens is 1. The maximum atomic E-state index is 11.4. The minimum atomic E-state index is -1.01. The lowest BCUT2D eigenvalue weighted by atomic mass is 10.3. The zero-order valence-electron chi connectivity index (χ0n) is 10.7. The molecule has 0 unspecified atom stereocenters. The number of rotatable bonds is 7. The third-order valence-electron chi connectivity index (χ3n) is 2.80. The lowest BCUT2D eigenvalue weighted by Gasteiger charge is -2.03. The summed E-state index contributed by atoms with van der Waals surface area (Å²) in [6.07, 6.45) is 3.39. The fourth-order valence-electron chi connectivity index (χ4n) is 1.64. The van der Waals surface area contributed by atoms with E-state index in [-0.39, 0.29) is 11.6 Å². The van der Waals surface area contributed by atoms with Crippen molar-refractivity contribution in [3.63, 3.8) is 0 Å². The molecule has 1 fully saturated rings. The predicted molar refractivity (Wildman–Crippen MR) is 72.7 cm³/mol. The molecule has 1 aliphatic carbocycles. The molecule has 3 N–H and O–H groups in total. The van der Waals surface area contributed by atoms with Crippen LogP contribution in [0.2, 0.25) is 0 Å². The highest BCUT2D eigenvalue weighted by molar-refractivity contribution is 7.15. The number of carbonyl (C=O) groups is 2. The molecule has 0 aliphatic heterocycles. The molecule has 19 heavy (non-hydrogen) atoms. The summed E-state index contributed by atoms with van der Waals surface area (Å²) in [7, 11) is 0. The van der Waals surface area contributed by atoms with Crippen LogP contribution >= 0.6 is 11.3 Å². The van der Waals surface area contributed by atoms with E-state index in [2.05, 4.69) is 15.6 Å². The summed E-state index contributed by atoms with van der Waals surface area (Å²) in [4.78, 5) is 26.9. The largest absolute Gasteiger partial charge is 0.476 e. The second-order valence-corrected chi connectivity index (χ2v) is 5.80. The first-order chi connectivity index (χ1) is 9.06. The minimum absolute atomic E-state index is 0.0887. The molecule has 1 heterocycles. The lowest BCUT2D eigenvalue weighted by molar-refractivity contribution is -0.121. The van der Waals surface area contributed by atoms with Crippen LogP contribution in [-0.2, 0) is 4.79 Å². The normalized spacial score (nSPS) is 14.2. The van der Waals surface area contributed by atoms with E-state index in [0.717, 1.165) is 12.8 Å². The molecule has 2 rings (SSSR count). The predicted octanol–water partition coefficient (Wildman–Crippen LogP) is 1.62. The SMILES string of the molecule is Cc1sc(NCCCC(=O)NC2CC2)nc1C(=O)O. The molecule has 0 aromatic carbocycles. The first-order valence-corrected chi connectivity index (χ1v) is 7.12. The van der Waals surface area contributed by atoms with E-state index in [1.807, 2.05) is 0 Å².